The Morgan fingerprint density at radius 1 is 1.24 bits per heavy atom. The lowest BCUT2D eigenvalue weighted by Gasteiger charge is -2.42. The van der Waals surface area contributed by atoms with Gasteiger partial charge in [-0.1, -0.05) is 19.3 Å². The second kappa shape index (κ2) is 6.48. The van der Waals surface area contributed by atoms with Gasteiger partial charge in [-0.05, 0) is 25.2 Å². The zero-order valence-corrected chi connectivity index (χ0v) is 13.1. The molecule has 3 aliphatic rings. The van der Waals surface area contributed by atoms with E-state index in [0.29, 0.717) is 24.1 Å². The van der Waals surface area contributed by atoms with Gasteiger partial charge < -0.3 is 10.6 Å². The van der Waals surface area contributed by atoms with E-state index >= 15 is 0 Å². The summed E-state index contributed by atoms with van der Waals surface area (Å²) in [5.74, 6) is 1.16. The Morgan fingerprint density at radius 3 is 2.57 bits per heavy atom. The Hall–Kier alpha value is -0.880. The Kier molecular flexibility index (Phi) is 4.64. The lowest BCUT2D eigenvalue weighted by atomic mass is 9.83. The van der Waals surface area contributed by atoms with Crippen LogP contribution in [0.5, 0.6) is 0 Å². The summed E-state index contributed by atoms with van der Waals surface area (Å²) in [6.45, 7) is 1.38. The molecule has 0 spiro atoms. The number of hydrogen-bond donors (Lipinski definition) is 1. The minimum Gasteiger partial charge on any atom is -0.331 e. The van der Waals surface area contributed by atoms with Crippen LogP contribution in [-0.4, -0.2) is 52.6 Å². The molecule has 0 aromatic rings. The summed E-state index contributed by atoms with van der Waals surface area (Å²) in [6, 6.07) is -0.740. The molecule has 0 radical (unpaired) electrons. The summed E-state index contributed by atoms with van der Waals surface area (Å²) in [5, 5.41) is 0.601. The minimum atomic E-state index is -0.431. The molecule has 2 fully saturated rings. The van der Waals surface area contributed by atoms with Gasteiger partial charge in [-0.3, -0.25) is 14.6 Å². The number of carbonyl (C=O) groups excluding carboxylic acids is 2. The largest absolute Gasteiger partial charge is 0.331 e. The zero-order chi connectivity index (χ0) is 14.8. The molecule has 1 aliphatic carbocycles. The van der Waals surface area contributed by atoms with Crippen molar-refractivity contribution in [1.82, 2.24) is 4.90 Å². The number of rotatable bonds is 4. The van der Waals surface area contributed by atoms with E-state index in [2.05, 4.69) is 4.99 Å². The standard InChI is InChI=1S/C15H23N3O2S/c16-12(10-4-2-1-3-5-10)15(20)18-8-6-11(18)13(19)14-17-7-9-21-14/h10-12H,1-9,16H2/t11-,12+/m1/s1. The van der Waals surface area contributed by atoms with E-state index in [9.17, 15) is 9.59 Å². The fourth-order valence-corrected chi connectivity index (χ4v) is 4.27. The minimum absolute atomic E-state index is 0.0212. The summed E-state index contributed by atoms with van der Waals surface area (Å²) >= 11 is 1.51. The Balaban J connectivity index is 1.60. The quantitative estimate of drug-likeness (QED) is 0.847. The summed E-state index contributed by atoms with van der Waals surface area (Å²) in [5.41, 5.74) is 6.18. The number of Topliss-reactive ketones (excluding diaryl/α,β-unsaturated/α-hetero) is 1. The summed E-state index contributed by atoms with van der Waals surface area (Å²) < 4.78 is 0. The first-order valence-corrected chi connectivity index (χ1v) is 8.94. The van der Waals surface area contributed by atoms with E-state index in [1.54, 1.807) is 4.90 Å². The van der Waals surface area contributed by atoms with E-state index in [4.69, 9.17) is 5.73 Å². The smallest absolute Gasteiger partial charge is 0.240 e. The lowest BCUT2D eigenvalue weighted by Crippen LogP contribution is -2.61. The van der Waals surface area contributed by atoms with E-state index in [0.717, 1.165) is 25.0 Å². The van der Waals surface area contributed by atoms with E-state index in [-0.39, 0.29) is 17.7 Å². The second-order valence-corrected chi connectivity index (χ2v) is 7.24. The highest BCUT2D eigenvalue weighted by Gasteiger charge is 2.42. The van der Waals surface area contributed by atoms with Crippen LogP contribution in [0.15, 0.2) is 4.99 Å². The Morgan fingerprint density at radius 2 is 2.00 bits per heavy atom. The molecular formula is C15H23N3O2S. The normalized spacial score (nSPS) is 28.0. The molecule has 1 amide bonds. The van der Waals surface area contributed by atoms with Crippen LogP contribution in [0.1, 0.15) is 38.5 Å². The van der Waals surface area contributed by atoms with Gasteiger partial charge in [-0.2, -0.15) is 0 Å². The van der Waals surface area contributed by atoms with Crippen LogP contribution in [0.2, 0.25) is 0 Å². The molecule has 116 valence electrons. The average molecular weight is 309 g/mol. The number of aliphatic imine (C=N–C) groups is 1. The maximum atomic E-state index is 12.6. The molecule has 3 rings (SSSR count). The number of hydrogen-bond acceptors (Lipinski definition) is 5. The van der Waals surface area contributed by atoms with Gasteiger partial charge in [0, 0.05) is 18.8 Å². The first kappa shape index (κ1) is 15.0. The number of thioether (sulfide) groups is 1. The molecule has 0 aromatic heterocycles. The lowest BCUT2D eigenvalue weighted by molar-refractivity contribution is -0.146. The summed E-state index contributed by atoms with van der Waals surface area (Å²) in [4.78, 5) is 30.8. The maximum absolute atomic E-state index is 12.6. The van der Waals surface area contributed by atoms with E-state index in [1.807, 2.05) is 0 Å². The van der Waals surface area contributed by atoms with Gasteiger partial charge in [-0.25, -0.2) is 0 Å². The topological polar surface area (TPSA) is 75.8 Å². The highest BCUT2D eigenvalue weighted by Crippen LogP contribution is 2.29. The van der Waals surface area contributed by atoms with E-state index in [1.165, 1.54) is 31.0 Å². The van der Waals surface area contributed by atoms with Crippen molar-refractivity contribution in [1.29, 1.82) is 0 Å². The monoisotopic (exact) mass is 309 g/mol. The van der Waals surface area contributed by atoms with Crippen LogP contribution in [0.3, 0.4) is 0 Å². The number of ketones is 1. The number of nitrogens with two attached hydrogens (primary N) is 1. The van der Waals surface area contributed by atoms with Gasteiger partial charge in [0.2, 0.25) is 11.7 Å². The third kappa shape index (κ3) is 3.01. The molecule has 0 unspecified atom stereocenters. The number of amides is 1. The number of carbonyl (C=O) groups is 2. The molecule has 21 heavy (non-hydrogen) atoms. The third-order valence-electron chi connectivity index (χ3n) is 4.84. The predicted molar refractivity (Wildman–Crippen MR) is 84.4 cm³/mol. The van der Waals surface area contributed by atoms with Gasteiger partial charge in [-0.15, -0.1) is 11.8 Å². The van der Waals surface area contributed by atoms with Gasteiger partial charge >= 0.3 is 0 Å². The number of likely N-dealkylation sites (tertiary alicyclic amines) is 1. The van der Waals surface area contributed by atoms with Gasteiger partial charge in [0.15, 0.2) is 0 Å². The van der Waals surface area contributed by atoms with E-state index < -0.39 is 6.04 Å². The molecule has 0 aromatic carbocycles. The molecule has 2 heterocycles. The number of nitrogens with zero attached hydrogens (tertiary/aromatic N) is 2. The fraction of sp³-hybridized carbons (Fsp3) is 0.800. The molecule has 1 saturated carbocycles. The predicted octanol–water partition coefficient (Wildman–Crippen LogP) is 1.21. The van der Waals surface area contributed by atoms with Gasteiger partial charge in [0.05, 0.1) is 12.1 Å². The first-order valence-electron chi connectivity index (χ1n) is 7.96. The molecule has 2 aliphatic heterocycles. The van der Waals surface area contributed by atoms with Crippen LogP contribution < -0.4 is 5.73 Å². The van der Waals surface area contributed by atoms with Crippen molar-refractivity contribution in [2.24, 2.45) is 16.6 Å². The first-order chi connectivity index (χ1) is 10.2. The SMILES string of the molecule is N[C@H](C(=O)N1CC[C@@H]1C(=O)C1=NCCS1)C1CCCCC1. The van der Waals surface area contributed by atoms with Crippen LogP contribution in [0, 0.1) is 5.92 Å². The summed E-state index contributed by atoms with van der Waals surface area (Å²) in [6.07, 6.45) is 6.42. The molecule has 0 bridgehead atoms. The molecular weight excluding hydrogens is 286 g/mol. The van der Waals surface area contributed by atoms with Crippen LogP contribution in [0.4, 0.5) is 0 Å². The average Bonchev–Trinajstić information content (AvgIpc) is 3.00. The molecule has 5 nitrogen and oxygen atoms in total. The van der Waals surface area contributed by atoms with Crippen molar-refractivity contribution in [3.05, 3.63) is 0 Å². The van der Waals surface area contributed by atoms with Crippen molar-refractivity contribution in [2.45, 2.75) is 50.6 Å². The van der Waals surface area contributed by atoms with Crippen molar-refractivity contribution in [3.63, 3.8) is 0 Å². The summed E-state index contributed by atoms with van der Waals surface area (Å²) in [7, 11) is 0. The Bertz CT molecular complexity index is 460. The van der Waals surface area contributed by atoms with Crippen LogP contribution in [-0.2, 0) is 9.59 Å². The van der Waals surface area contributed by atoms with Crippen LogP contribution >= 0.6 is 11.8 Å². The maximum Gasteiger partial charge on any atom is 0.240 e. The third-order valence-corrected chi connectivity index (χ3v) is 5.83. The van der Waals surface area contributed by atoms with Gasteiger partial charge in [0.1, 0.15) is 5.04 Å². The van der Waals surface area contributed by atoms with Crippen molar-refractivity contribution in [2.75, 3.05) is 18.8 Å². The molecule has 6 heteroatoms. The molecule has 2 atom stereocenters. The second-order valence-electron chi connectivity index (χ2n) is 6.16. The van der Waals surface area contributed by atoms with Gasteiger partial charge in [0.25, 0.3) is 0 Å². The highest BCUT2D eigenvalue weighted by atomic mass is 32.2. The molecule has 1 saturated heterocycles. The van der Waals surface area contributed by atoms with Crippen molar-refractivity contribution in [3.8, 4) is 0 Å². The fourth-order valence-electron chi connectivity index (χ4n) is 3.44. The highest BCUT2D eigenvalue weighted by molar-refractivity contribution is 8.16. The molecule has 2 N–H and O–H groups in total. The zero-order valence-electron chi connectivity index (χ0n) is 12.3. The van der Waals surface area contributed by atoms with Crippen molar-refractivity contribution >= 4 is 28.5 Å². The Labute approximate surface area is 129 Å². The van der Waals surface area contributed by atoms with Crippen molar-refractivity contribution < 1.29 is 9.59 Å². The van der Waals surface area contributed by atoms with Crippen LogP contribution in [0.25, 0.3) is 0 Å².